The molecule has 4 rings (SSSR count). The summed E-state index contributed by atoms with van der Waals surface area (Å²) in [5, 5.41) is 10.2. The van der Waals surface area contributed by atoms with E-state index < -0.39 is 0 Å². The number of nitrogens with one attached hydrogen (secondary N) is 1. The molecule has 32 heavy (non-hydrogen) atoms. The maximum atomic E-state index is 13.6. The van der Waals surface area contributed by atoms with Crippen LogP contribution in [0.4, 0.5) is 10.1 Å². The third-order valence-corrected chi connectivity index (χ3v) is 6.28. The Balaban J connectivity index is 1.46. The fraction of sp³-hybridized carbons (Fsp3) is 0.240. The predicted octanol–water partition coefficient (Wildman–Crippen LogP) is 5.42. The normalized spacial score (nSPS) is 11.0. The summed E-state index contributed by atoms with van der Waals surface area (Å²) in [4.78, 5) is 17.1. The minimum absolute atomic E-state index is 0.105. The zero-order valence-electron chi connectivity index (χ0n) is 18.4. The maximum Gasteiger partial charge on any atom is 0.230 e. The molecule has 0 saturated carbocycles. The van der Waals surface area contributed by atoms with E-state index in [1.54, 1.807) is 16.8 Å². The molecule has 0 saturated heterocycles. The first-order valence-corrected chi connectivity index (χ1v) is 11.4. The Hall–Kier alpha value is -3.32. The standard InChI is InChI=1S/C25H25FN4OS/c1-4-18-8-10-21(11-9-18)27-24(31)14-22-15-32-25(28-22)30-17(3)23(16(2)29-30)13-19-6-5-7-20(26)12-19/h5-12,15H,4,13-14H2,1-3H3,(H,27,31). The van der Waals surface area contributed by atoms with Crippen molar-refractivity contribution in [2.75, 3.05) is 5.32 Å². The molecule has 2 aromatic heterocycles. The number of benzene rings is 2. The summed E-state index contributed by atoms with van der Waals surface area (Å²) in [6.07, 6.45) is 1.76. The van der Waals surface area contributed by atoms with Gasteiger partial charge in [0.25, 0.3) is 0 Å². The van der Waals surface area contributed by atoms with Gasteiger partial charge in [0.1, 0.15) is 5.82 Å². The Morgan fingerprint density at radius 1 is 1.12 bits per heavy atom. The van der Waals surface area contributed by atoms with Gasteiger partial charge in [-0.1, -0.05) is 31.2 Å². The summed E-state index contributed by atoms with van der Waals surface area (Å²) in [7, 11) is 0. The number of rotatable bonds is 7. The highest BCUT2D eigenvalue weighted by atomic mass is 32.1. The first-order valence-electron chi connectivity index (χ1n) is 10.6. The van der Waals surface area contributed by atoms with Gasteiger partial charge < -0.3 is 5.32 Å². The number of carbonyl (C=O) groups is 1. The molecule has 0 aliphatic rings. The molecule has 0 bridgehead atoms. The number of hydrogen-bond donors (Lipinski definition) is 1. The third kappa shape index (κ3) is 4.94. The number of thiazole rings is 1. The summed E-state index contributed by atoms with van der Waals surface area (Å²) in [6.45, 7) is 6.03. The van der Waals surface area contributed by atoms with Gasteiger partial charge in [0, 0.05) is 28.7 Å². The van der Waals surface area contributed by atoms with E-state index in [0.717, 1.165) is 34.6 Å². The van der Waals surface area contributed by atoms with Crippen LogP contribution in [0, 0.1) is 19.7 Å². The molecule has 5 nitrogen and oxygen atoms in total. The molecule has 1 N–H and O–H groups in total. The second-order valence-corrected chi connectivity index (χ2v) is 8.60. The highest BCUT2D eigenvalue weighted by Crippen LogP contribution is 2.23. The largest absolute Gasteiger partial charge is 0.326 e. The minimum Gasteiger partial charge on any atom is -0.326 e. The second-order valence-electron chi connectivity index (χ2n) is 7.76. The van der Waals surface area contributed by atoms with E-state index in [2.05, 4.69) is 22.3 Å². The van der Waals surface area contributed by atoms with Gasteiger partial charge in [-0.3, -0.25) is 4.79 Å². The average molecular weight is 449 g/mol. The fourth-order valence-electron chi connectivity index (χ4n) is 3.64. The van der Waals surface area contributed by atoms with E-state index in [-0.39, 0.29) is 18.1 Å². The van der Waals surface area contributed by atoms with Crippen LogP contribution in [0.2, 0.25) is 0 Å². The number of hydrogen-bond acceptors (Lipinski definition) is 4. The number of carbonyl (C=O) groups excluding carboxylic acids is 1. The van der Waals surface area contributed by atoms with E-state index in [4.69, 9.17) is 0 Å². The van der Waals surface area contributed by atoms with E-state index >= 15 is 0 Å². The lowest BCUT2D eigenvalue weighted by Crippen LogP contribution is -2.14. The van der Waals surface area contributed by atoms with E-state index in [1.165, 1.54) is 23.0 Å². The number of aromatic nitrogens is 3. The van der Waals surface area contributed by atoms with Gasteiger partial charge in [0.05, 0.1) is 17.8 Å². The molecule has 0 aliphatic carbocycles. The molecule has 0 spiro atoms. The summed E-state index contributed by atoms with van der Waals surface area (Å²) < 4.78 is 15.4. The summed E-state index contributed by atoms with van der Waals surface area (Å²) in [5.74, 6) is -0.347. The number of nitrogens with zero attached hydrogens (tertiary/aromatic N) is 3. The van der Waals surface area contributed by atoms with Gasteiger partial charge in [-0.05, 0) is 55.7 Å². The molecule has 1 amide bonds. The van der Waals surface area contributed by atoms with Crippen LogP contribution in [0.1, 0.15) is 40.7 Å². The fourth-order valence-corrected chi connectivity index (χ4v) is 4.46. The van der Waals surface area contributed by atoms with Crippen LogP contribution in [0.15, 0.2) is 53.9 Å². The first kappa shape index (κ1) is 21.9. The highest BCUT2D eigenvalue weighted by molar-refractivity contribution is 7.12. The van der Waals surface area contributed by atoms with E-state index in [9.17, 15) is 9.18 Å². The van der Waals surface area contributed by atoms with Crippen molar-refractivity contribution >= 4 is 22.9 Å². The first-order chi connectivity index (χ1) is 15.4. The molecular weight excluding hydrogens is 423 g/mol. The smallest absolute Gasteiger partial charge is 0.230 e. The monoisotopic (exact) mass is 448 g/mol. The van der Waals surface area contributed by atoms with Crippen LogP contribution >= 0.6 is 11.3 Å². The average Bonchev–Trinajstić information content (AvgIpc) is 3.34. The van der Waals surface area contributed by atoms with Crippen molar-refractivity contribution in [1.29, 1.82) is 0 Å². The van der Waals surface area contributed by atoms with Crippen molar-refractivity contribution in [1.82, 2.24) is 14.8 Å². The van der Waals surface area contributed by atoms with Crippen molar-refractivity contribution in [2.45, 2.75) is 40.0 Å². The van der Waals surface area contributed by atoms with Crippen molar-refractivity contribution in [3.8, 4) is 5.13 Å². The number of anilines is 1. The van der Waals surface area contributed by atoms with Crippen LogP contribution < -0.4 is 5.32 Å². The van der Waals surface area contributed by atoms with Gasteiger partial charge in [-0.15, -0.1) is 11.3 Å². The minimum atomic E-state index is -0.241. The Labute approximate surface area is 191 Å². The third-order valence-electron chi connectivity index (χ3n) is 5.42. The van der Waals surface area contributed by atoms with Crippen molar-refractivity contribution in [3.63, 3.8) is 0 Å². The van der Waals surface area contributed by atoms with Crippen molar-refractivity contribution < 1.29 is 9.18 Å². The molecule has 0 fully saturated rings. The highest BCUT2D eigenvalue weighted by Gasteiger charge is 2.17. The van der Waals surface area contributed by atoms with Crippen LogP contribution in [-0.4, -0.2) is 20.7 Å². The molecule has 0 aliphatic heterocycles. The van der Waals surface area contributed by atoms with Crippen molar-refractivity contribution in [2.24, 2.45) is 0 Å². The molecule has 0 radical (unpaired) electrons. The van der Waals surface area contributed by atoms with Crippen LogP contribution in [0.3, 0.4) is 0 Å². The molecule has 4 aromatic rings. The lowest BCUT2D eigenvalue weighted by Gasteiger charge is -2.05. The van der Waals surface area contributed by atoms with Gasteiger partial charge >= 0.3 is 0 Å². The molecule has 2 heterocycles. The predicted molar refractivity (Wildman–Crippen MR) is 126 cm³/mol. The number of amides is 1. The van der Waals surface area contributed by atoms with Crippen LogP contribution in [0.25, 0.3) is 5.13 Å². The molecule has 164 valence electrons. The van der Waals surface area contributed by atoms with Gasteiger partial charge in [-0.25, -0.2) is 14.1 Å². The quantitative estimate of drug-likeness (QED) is 0.411. The summed E-state index contributed by atoms with van der Waals surface area (Å²) in [6, 6.07) is 14.5. The lowest BCUT2D eigenvalue weighted by atomic mass is 10.0. The summed E-state index contributed by atoms with van der Waals surface area (Å²) in [5.41, 5.74) is 6.52. The van der Waals surface area contributed by atoms with E-state index in [1.807, 2.05) is 49.6 Å². The van der Waals surface area contributed by atoms with Crippen molar-refractivity contribution in [3.05, 3.63) is 93.5 Å². The SMILES string of the molecule is CCc1ccc(NC(=O)Cc2csc(-n3nc(C)c(Cc4cccc(F)c4)c3C)n2)cc1. The van der Waals surface area contributed by atoms with Crippen LogP contribution in [-0.2, 0) is 24.1 Å². The maximum absolute atomic E-state index is 13.6. The van der Waals surface area contributed by atoms with E-state index in [0.29, 0.717) is 17.2 Å². The van der Waals surface area contributed by atoms with Gasteiger partial charge in [-0.2, -0.15) is 5.10 Å². The molecule has 2 aromatic carbocycles. The lowest BCUT2D eigenvalue weighted by molar-refractivity contribution is -0.115. The molecule has 0 atom stereocenters. The zero-order chi connectivity index (χ0) is 22.7. The van der Waals surface area contributed by atoms with Gasteiger partial charge in [0.2, 0.25) is 11.0 Å². The number of aryl methyl sites for hydroxylation is 2. The topological polar surface area (TPSA) is 59.8 Å². The number of halogens is 1. The Morgan fingerprint density at radius 3 is 2.62 bits per heavy atom. The Kier molecular flexibility index (Phi) is 6.46. The molecular formula is C25H25FN4OS. The van der Waals surface area contributed by atoms with Crippen LogP contribution in [0.5, 0.6) is 0 Å². The Bertz CT molecular complexity index is 1240. The summed E-state index contributed by atoms with van der Waals surface area (Å²) >= 11 is 1.45. The van der Waals surface area contributed by atoms with Gasteiger partial charge in [0.15, 0.2) is 0 Å². The Morgan fingerprint density at radius 2 is 1.91 bits per heavy atom. The molecule has 0 unspecified atom stereocenters. The zero-order valence-corrected chi connectivity index (χ0v) is 19.2. The second kappa shape index (κ2) is 9.44. The molecule has 7 heteroatoms.